The molecule has 0 aromatic rings. The highest BCUT2D eigenvalue weighted by atomic mass is 32.2. The molecule has 1 unspecified atom stereocenters. The Morgan fingerprint density at radius 1 is 1.25 bits per heavy atom. The third-order valence-electron chi connectivity index (χ3n) is 2.57. The molecule has 0 aliphatic heterocycles. The molecule has 0 spiro atoms. The summed E-state index contributed by atoms with van der Waals surface area (Å²) >= 11 is 0. The lowest BCUT2D eigenvalue weighted by Gasteiger charge is -2.23. The van der Waals surface area contributed by atoms with Crippen molar-refractivity contribution in [2.75, 3.05) is 18.1 Å². The second-order valence-corrected chi connectivity index (χ2v) is 8.09. The van der Waals surface area contributed by atoms with E-state index in [-0.39, 0.29) is 11.3 Å². The summed E-state index contributed by atoms with van der Waals surface area (Å²) in [4.78, 5) is 0. The Bertz CT molecular complexity index is 278. The van der Waals surface area contributed by atoms with Gasteiger partial charge in [0.15, 0.2) is 0 Å². The predicted octanol–water partition coefficient (Wildman–Crippen LogP) is 2.23. The summed E-state index contributed by atoms with van der Waals surface area (Å²) < 4.78 is 22.6. The fourth-order valence-corrected chi connectivity index (χ4v) is 2.27. The van der Waals surface area contributed by atoms with Crippen molar-refractivity contribution in [1.29, 1.82) is 0 Å². The van der Waals surface area contributed by atoms with E-state index in [2.05, 4.69) is 33.0 Å². The number of rotatable bonds is 7. The normalized spacial score (nSPS) is 15.1. The second-order valence-electron chi connectivity index (χ2n) is 5.61. The molecule has 98 valence electrons. The molecule has 1 N–H and O–H groups in total. The van der Waals surface area contributed by atoms with Gasteiger partial charge in [0.05, 0.1) is 5.75 Å². The van der Waals surface area contributed by atoms with Crippen LogP contribution >= 0.6 is 0 Å². The summed E-state index contributed by atoms with van der Waals surface area (Å²) in [5, 5.41) is 3.43. The predicted molar refractivity (Wildman–Crippen MR) is 70.5 cm³/mol. The van der Waals surface area contributed by atoms with Crippen molar-refractivity contribution in [2.45, 2.75) is 53.0 Å². The summed E-state index contributed by atoms with van der Waals surface area (Å²) in [7, 11) is -2.78. The molecule has 0 aromatic heterocycles. The standard InChI is InChI=1S/C12H27NO2S/c1-6-16(14,15)9-7-8-11(2)10-13-12(3,4)5/h11,13H,6-10H2,1-5H3. The third-order valence-corrected chi connectivity index (χ3v) is 4.36. The van der Waals surface area contributed by atoms with Crippen LogP contribution in [0.3, 0.4) is 0 Å². The molecule has 16 heavy (non-hydrogen) atoms. The van der Waals surface area contributed by atoms with E-state index in [1.54, 1.807) is 6.92 Å². The van der Waals surface area contributed by atoms with Gasteiger partial charge in [-0.05, 0) is 46.1 Å². The average Bonchev–Trinajstić information content (AvgIpc) is 2.13. The quantitative estimate of drug-likeness (QED) is 0.752. The minimum atomic E-state index is -2.78. The van der Waals surface area contributed by atoms with E-state index in [0.29, 0.717) is 11.7 Å². The molecule has 0 rings (SSSR count). The van der Waals surface area contributed by atoms with Crippen LogP contribution in [0.5, 0.6) is 0 Å². The van der Waals surface area contributed by atoms with Crippen LogP contribution in [-0.4, -0.2) is 32.0 Å². The van der Waals surface area contributed by atoms with Gasteiger partial charge in [-0.1, -0.05) is 13.8 Å². The van der Waals surface area contributed by atoms with E-state index in [1.165, 1.54) is 0 Å². The Balaban J connectivity index is 3.71. The maximum Gasteiger partial charge on any atom is 0.150 e. The summed E-state index contributed by atoms with van der Waals surface area (Å²) in [5.74, 6) is 1.14. The van der Waals surface area contributed by atoms with Crippen LogP contribution in [0.25, 0.3) is 0 Å². The highest BCUT2D eigenvalue weighted by Crippen LogP contribution is 2.08. The second kappa shape index (κ2) is 6.60. The van der Waals surface area contributed by atoms with Gasteiger partial charge in [-0.3, -0.25) is 0 Å². The summed E-state index contributed by atoms with van der Waals surface area (Å²) in [6.07, 6.45) is 1.76. The first-order valence-electron chi connectivity index (χ1n) is 6.12. The molecule has 0 saturated carbocycles. The van der Waals surface area contributed by atoms with Gasteiger partial charge >= 0.3 is 0 Å². The Morgan fingerprint density at radius 2 is 1.81 bits per heavy atom. The largest absolute Gasteiger partial charge is 0.312 e. The number of sulfone groups is 1. The number of hydrogen-bond donors (Lipinski definition) is 1. The monoisotopic (exact) mass is 249 g/mol. The van der Waals surface area contributed by atoms with Crippen molar-refractivity contribution in [3.05, 3.63) is 0 Å². The molecular weight excluding hydrogens is 222 g/mol. The van der Waals surface area contributed by atoms with Gasteiger partial charge in [0.1, 0.15) is 9.84 Å². The average molecular weight is 249 g/mol. The molecule has 0 fully saturated rings. The Hall–Kier alpha value is -0.0900. The Kier molecular flexibility index (Phi) is 6.56. The van der Waals surface area contributed by atoms with E-state index in [1.807, 2.05) is 0 Å². The summed E-state index contributed by atoms with van der Waals surface area (Å²) in [5.41, 5.74) is 0.143. The molecule has 0 aliphatic rings. The first-order chi connectivity index (χ1) is 7.16. The van der Waals surface area contributed by atoms with Crippen molar-refractivity contribution in [3.8, 4) is 0 Å². The molecule has 0 radical (unpaired) electrons. The minimum absolute atomic E-state index is 0.143. The van der Waals surface area contributed by atoms with Gasteiger partial charge in [-0.15, -0.1) is 0 Å². The van der Waals surface area contributed by atoms with Gasteiger partial charge in [0.2, 0.25) is 0 Å². The van der Waals surface area contributed by atoms with E-state index in [4.69, 9.17) is 0 Å². The van der Waals surface area contributed by atoms with Gasteiger partial charge in [0.25, 0.3) is 0 Å². The zero-order chi connectivity index (χ0) is 12.8. The zero-order valence-corrected chi connectivity index (χ0v) is 12.2. The van der Waals surface area contributed by atoms with E-state index in [0.717, 1.165) is 19.4 Å². The van der Waals surface area contributed by atoms with Crippen LogP contribution in [0.4, 0.5) is 0 Å². The maximum atomic E-state index is 11.3. The van der Waals surface area contributed by atoms with Crippen molar-refractivity contribution in [3.63, 3.8) is 0 Å². The van der Waals surface area contributed by atoms with E-state index < -0.39 is 9.84 Å². The molecule has 0 saturated heterocycles. The van der Waals surface area contributed by atoms with Crippen LogP contribution in [-0.2, 0) is 9.84 Å². The molecular formula is C12H27NO2S. The van der Waals surface area contributed by atoms with Gasteiger partial charge in [-0.2, -0.15) is 0 Å². The number of nitrogens with one attached hydrogen (secondary N) is 1. The van der Waals surface area contributed by atoms with Crippen LogP contribution in [0, 0.1) is 5.92 Å². The minimum Gasteiger partial charge on any atom is -0.312 e. The van der Waals surface area contributed by atoms with Crippen molar-refractivity contribution < 1.29 is 8.42 Å². The fourth-order valence-electron chi connectivity index (χ4n) is 1.38. The smallest absolute Gasteiger partial charge is 0.150 e. The lowest BCUT2D eigenvalue weighted by Crippen LogP contribution is -2.38. The lowest BCUT2D eigenvalue weighted by atomic mass is 10.0. The molecule has 0 aromatic carbocycles. The van der Waals surface area contributed by atoms with Crippen LogP contribution in [0.1, 0.15) is 47.5 Å². The molecule has 0 aliphatic carbocycles. The molecule has 1 atom stereocenters. The number of hydrogen-bond acceptors (Lipinski definition) is 3. The fraction of sp³-hybridized carbons (Fsp3) is 1.00. The van der Waals surface area contributed by atoms with Crippen LogP contribution in [0.15, 0.2) is 0 Å². The molecule has 0 amide bonds. The van der Waals surface area contributed by atoms with Crippen molar-refractivity contribution in [1.82, 2.24) is 5.32 Å². The zero-order valence-electron chi connectivity index (χ0n) is 11.3. The van der Waals surface area contributed by atoms with Gasteiger partial charge < -0.3 is 5.32 Å². The maximum absolute atomic E-state index is 11.3. The molecule has 0 bridgehead atoms. The first kappa shape index (κ1) is 15.9. The summed E-state index contributed by atoms with van der Waals surface area (Å²) in [6.45, 7) is 11.2. The Morgan fingerprint density at radius 3 is 2.25 bits per heavy atom. The molecule has 4 heteroatoms. The molecule has 0 heterocycles. The third kappa shape index (κ3) is 9.16. The van der Waals surface area contributed by atoms with Gasteiger partial charge in [-0.25, -0.2) is 8.42 Å². The van der Waals surface area contributed by atoms with Gasteiger partial charge in [0, 0.05) is 11.3 Å². The lowest BCUT2D eigenvalue weighted by molar-refractivity contribution is 0.371. The van der Waals surface area contributed by atoms with E-state index >= 15 is 0 Å². The molecule has 3 nitrogen and oxygen atoms in total. The van der Waals surface area contributed by atoms with Crippen LogP contribution in [0.2, 0.25) is 0 Å². The highest BCUT2D eigenvalue weighted by molar-refractivity contribution is 7.91. The Labute approximate surface area is 101 Å². The summed E-state index contributed by atoms with van der Waals surface area (Å²) in [6, 6.07) is 0. The van der Waals surface area contributed by atoms with Crippen molar-refractivity contribution >= 4 is 9.84 Å². The van der Waals surface area contributed by atoms with Crippen LogP contribution < -0.4 is 5.32 Å². The van der Waals surface area contributed by atoms with Crippen molar-refractivity contribution in [2.24, 2.45) is 5.92 Å². The van der Waals surface area contributed by atoms with E-state index in [9.17, 15) is 8.42 Å². The SMILES string of the molecule is CCS(=O)(=O)CCCC(C)CNC(C)(C)C. The first-order valence-corrected chi connectivity index (χ1v) is 7.94. The topological polar surface area (TPSA) is 46.2 Å². The highest BCUT2D eigenvalue weighted by Gasteiger charge is 2.12.